The van der Waals surface area contributed by atoms with Gasteiger partial charge in [0.2, 0.25) is 0 Å². The third kappa shape index (κ3) is 1.73. The molecule has 0 saturated heterocycles. The van der Waals surface area contributed by atoms with Crippen LogP contribution >= 0.6 is 11.8 Å². The zero-order chi connectivity index (χ0) is 11.7. The molecule has 1 unspecified atom stereocenters. The van der Waals surface area contributed by atoms with Crippen LogP contribution in [0.2, 0.25) is 0 Å². The van der Waals surface area contributed by atoms with Gasteiger partial charge in [-0.3, -0.25) is 9.79 Å². The molecule has 3 nitrogen and oxygen atoms in total. The van der Waals surface area contributed by atoms with Gasteiger partial charge in [-0.15, -0.1) is 11.8 Å². The number of benzodiazepines with no additional fused rings is 1. The summed E-state index contributed by atoms with van der Waals surface area (Å²) >= 11 is 1.58. The number of likely N-dealkylation sites (N-methyl/N-ethyl adjacent to an activating group) is 1. The van der Waals surface area contributed by atoms with Crippen molar-refractivity contribution in [2.24, 2.45) is 4.99 Å². The molecule has 1 aliphatic rings. The van der Waals surface area contributed by atoms with Gasteiger partial charge in [0, 0.05) is 12.6 Å². The molecule has 0 bridgehead atoms. The number of benzene rings is 1. The highest BCUT2D eigenvalue weighted by molar-refractivity contribution is 8.13. The lowest BCUT2D eigenvalue weighted by Crippen LogP contribution is -2.32. The monoisotopic (exact) mass is 234 g/mol. The average Bonchev–Trinajstić information content (AvgIpc) is 2.41. The second-order valence-electron chi connectivity index (χ2n) is 3.73. The highest BCUT2D eigenvalue weighted by Crippen LogP contribution is 2.27. The highest BCUT2D eigenvalue weighted by atomic mass is 32.2. The molecule has 0 radical (unpaired) electrons. The maximum absolute atomic E-state index is 12.0. The van der Waals surface area contributed by atoms with E-state index in [4.69, 9.17) is 0 Å². The molecule has 1 heterocycles. The predicted octanol–water partition coefficient (Wildman–Crippen LogP) is 2.16. The van der Waals surface area contributed by atoms with Gasteiger partial charge in [-0.1, -0.05) is 18.2 Å². The van der Waals surface area contributed by atoms with Crippen LogP contribution in [0.3, 0.4) is 0 Å². The lowest BCUT2D eigenvalue weighted by atomic mass is 10.2. The molecule has 84 valence electrons. The van der Waals surface area contributed by atoms with E-state index in [-0.39, 0.29) is 11.9 Å². The molecule has 1 amide bonds. The van der Waals surface area contributed by atoms with Gasteiger partial charge in [-0.25, -0.2) is 0 Å². The number of thioether (sulfide) groups is 1. The van der Waals surface area contributed by atoms with Gasteiger partial charge in [-0.05, 0) is 19.2 Å². The molecular formula is C12H14N2OS. The Balaban J connectivity index is 2.62. The Morgan fingerprint density at radius 2 is 2.06 bits per heavy atom. The quantitative estimate of drug-likeness (QED) is 0.689. The molecule has 0 spiro atoms. The number of amides is 1. The topological polar surface area (TPSA) is 32.7 Å². The predicted molar refractivity (Wildman–Crippen MR) is 69.4 cm³/mol. The number of fused-ring (bicyclic) bond motifs is 1. The molecule has 1 atom stereocenters. The third-order valence-corrected chi connectivity index (χ3v) is 3.40. The molecule has 16 heavy (non-hydrogen) atoms. The first-order valence-corrected chi connectivity index (χ1v) is 6.36. The Bertz CT molecular complexity index is 456. The summed E-state index contributed by atoms with van der Waals surface area (Å²) in [5, 5.41) is 0.931. The molecular weight excluding hydrogens is 220 g/mol. The number of para-hydroxylation sites is 1. The summed E-state index contributed by atoms with van der Waals surface area (Å²) in [6.45, 7) is 1.83. The number of hydrogen-bond donors (Lipinski definition) is 0. The maximum atomic E-state index is 12.0. The summed E-state index contributed by atoms with van der Waals surface area (Å²) in [6.07, 6.45) is 1.98. The average molecular weight is 234 g/mol. The van der Waals surface area contributed by atoms with Gasteiger partial charge < -0.3 is 4.90 Å². The molecule has 0 aliphatic carbocycles. The van der Waals surface area contributed by atoms with Crippen LogP contribution in [0.1, 0.15) is 12.5 Å². The van der Waals surface area contributed by atoms with E-state index in [0.29, 0.717) is 0 Å². The van der Waals surface area contributed by atoms with Gasteiger partial charge in [0.25, 0.3) is 5.91 Å². The number of anilines is 1. The van der Waals surface area contributed by atoms with Crippen LogP contribution in [0.25, 0.3) is 0 Å². The molecule has 0 aromatic heterocycles. The lowest BCUT2D eigenvalue weighted by Gasteiger charge is -2.18. The molecule has 1 aliphatic heterocycles. The minimum absolute atomic E-state index is 0.0384. The second-order valence-corrected chi connectivity index (χ2v) is 4.52. The zero-order valence-corrected chi connectivity index (χ0v) is 10.4. The normalized spacial score (nSPS) is 20.2. The SMILES string of the molecule is CSC1=NC(C)C(=O)N(C)c2ccccc21. The van der Waals surface area contributed by atoms with Crippen LogP contribution in [-0.4, -0.2) is 30.3 Å². The second kappa shape index (κ2) is 4.29. The van der Waals surface area contributed by atoms with E-state index in [1.807, 2.05) is 37.4 Å². The first kappa shape index (κ1) is 11.2. The van der Waals surface area contributed by atoms with Crippen LogP contribution < -0.4 is 4.90 Å². The summed E-state index contributed by atoms with van der Waals surface area (Å²) in [4.78, 5) is 18.1. The van der Waals surface area contributed by atoms with Crippen molar-refractivity contribution in [2.45, 2.75) is 13.0 Å². The van der Waals surface area contributed by atoms with E-state index in [9.17, 15) is 4.79 Å². The first-order chi connectivity index (χ1) is 7.65. The van der Waals surface area contributed by atoms with Gasteiger partial charge in [-0.2, -0.15) is 0 Å². The largest absolute Gasteiger partial charge is 0.313 e. The number of rotatable bonds is 0. The fourth-order valence-electron chi connectivity index (χ4n) is 1.81. The Hall–Kier alpha value is -1.29. The minimum atomic E-state index is -0.306. The Morgan fingerprint density at radius 1 is 1.38 bits per heavy atom. The summed E-state index contributed by atoms with van der Waals surface area (Å²) < 4.78 is 0. The van der Waals surface area contributed by atoms with Crippen molar-refractivity contribution in [2.75, 3.05) is 18.2 Å². The molecule has 1 aromatic carbocycles. The fourth-order valence-corrected chi connectivity index (χ4v) is 2.47. The number of carbonyl (C=O) groups is 1. The van der Waals surface area contributed by atoms with Gasteiger partial charge >= 0.3 is 0 Å². The number of carbonyl (C=O) groups excluding carboxylic acids is 1. The van der Waals surface area contributed by atoms with E-state index >= 15 is 0 Å². The van der Waals surface area contributed by atoms with Crippen LogP contribution in [0, 0.1) is 0 Å². The summed E-state index contributed by atoms with van der Waals surface area (Å²) in [5.74, 6) is 0.0384. The Kier molecular flexibility index (Phi) is 3.01. The van der Waals surface area contributed by atoms with E-state index in [2.05, 4.69) is 4.99 Å². The van der Waals surface area contributed by atoms with Gasteiger partial charge in [0.15, 0.2) is 0 Å². The standard InChI is InChI=1S/C12H14N2OS/c1-8-12(15)14(2)10-7-5-4-6-9(10)11(13-8)16-3/h4-8H,1-3H3. The lowest BCUT2D eigenvalue weighted by molar-refractivity contribution is -0.119. The van der Waals surface area contributed by atoms with Crippen molar-refractivity contribution in [1.29, 1.82) is 0 Å². The van der Waals surface area contributed by atoms with Crippen molar-refractivity contribution < 1.29 is 4.79 Å². The molecule has 1 aromatic rings. The molecule has 0 saturated carbocycles. The molecule has 0 N–H and O–H groups in total. The smallest absolute Gasteiger partial charge is 0.251 e. The van der Waals surface area contributed by atoms with Crippen molar-refractivity contribution in [1.82, 2.24) is 0 Å². The van der Waals surface area contributed by atoms with Crippen LogP contribution in [0.15, 0.2) is 29.3 Å². The van der Waals surface area contributed by atoms with Gasteiger partial charge in [0.05, 0.1) is 5.69 Å². The van der Waals surface area contributed by atoms with Gasteiger partial charge in [0.1, 0.15) is 11.1 Å². The summed E-state index contributed by atoms with van der Waals surface area (Å²) in [5.41, 5.74) is 1.97. The van der Waals surface area contributed by atoms with Crippen molar-refractivity contribution in [3.05, 3.63) is 29.8 Å². The number of nitrogens with zero attached hydrogens (tertiary/aromatic N) is 2. The summed E-state index contributed by atoms with van der Waals surface area (Å²) in [7, 11) is 1.80. The number of hydrogen-bond acceptors (Lipinski definition) is 3. The van der Waals surface area contributed by atoms with E-state index < -0.39 is 0 Å². The van der Waals surface area contributed by atoms with E-state index in [1.54, 1.807) is 23.7 Å². The Labute approximate surface area is 99.6 Å². The van der Waals surface area contributed by atoms with E-state index in [0.717, 1.165) is 16.3 Å². The van der Waals surface area contributed by atoms with Crippen molar-refractivity contribution >= 4 is 28.4 Å². The van der Waals surface area contributed by atoms with Crippen LogP contribution in [0.4, 0.5) is 5.69 Å². The molecule has 2 rings (SSSR count). The van der Waals surface area contributed by atoms with Crippen LogP contribution in [0.5, 0.6) is 0 Å². The number of aliphatic imine (C=N–C) groups is 1. The van der Waals surface area contributed by atoms with Crippen molar-refractivity contribution in [3.8, 4) is 0 Å². The fraction of sp³-hybridized carbons (Fsp3) is 0.333. The summed E-state index contributed by atoms with van der Waals surface area (Å²) in [6, 6.07) is 7.57. The first-order valence-electron chi connectivity index (χ1n) is 5.14. The third-order valence-electron chi connectivity index (χ3n) is 2.69. The zero-order valence-electron chi connectivity index (χ0n) is 9.60. The molecule has 0 fully saturated rings. The highest BCUT2D eigenvalue weighted by Gasteiger charge is 2.25. The van der Waals surface area contributed by atoms with E-state index in [1.165, 1.54) is 0 Å². The molecule has 4 heteroatoms. The maximum Gasteiger partial charge on any atom is 0.251 e. The minimum Gasteiger partial charge on any atom is -0.313 e. The Morgan fingerprint density at radius 3 is 2.75 bits per heavy atom. The van der Waals surface area contributed by atoms with Crippen LogP contribution in [-0.2, 0) is 4.79 Å². The van der Waals surface area contributed by atoms with Crippen molar-refractivity contribution in [3.63, 3.8) is 0 Å².